The van der Waals surface area contributed by atoms with Crippen LogP contribution in [0.25, 0.3) is 0 Å². The predicted molar refractivity (Wildman–Crippen MR) is 93.8 cm³/mol. The van der Waals surface area contributed by atoms with E-state index in [4.69, 9.17) is 4.74 Å². The lowest BCUT2D eigenvalue weighted by Crippen LogP contribution is -2.21. The Hall–Kier alpha value is -2.70. The quantitative estimate of drug-likeness (QED) is 0.557. The third-order valence-electron chi connectivity index (χ3n) is 4.27. The Bertz CT molecular complexity index is 821. The summed E-state index contributed by atoms with van der Waals surface area (Å²) in [4.78, 5) is 1.73. The molecule has 7 heteroatoms. The molecular formula is C20H19F4NO2. The third kappa shape index (κ3) is 4.18. The highest BCUT2D eigenvalue weighted by atomic mass is 19.3. The van der Waals surface area contributed by atoms with Gasteiger partial charge in [0.05, 0.1) is 0 Å². The zero-order chi connectivity index (χ0) is 19.6. The van der Waals surface area contributed by atoms with Crippen LogP contribution in [-0.2, 0) is 10.7 Å². The van der Waals surface area contributed by atoms with Gasteiger partial charge in [0.15, 0.2) is 0 Å². The molecule has 0 spiro atoms. The fourth-order valence-corrected chi connectivity index (χ4v) is 2.88. The molecule has 0 radical (unpaired) electrons. The summed E-state index contributed by atoms with van der Waals surface area (Å²) >= 11 is 0. The van der Waals surface area contributed by atoms with Gasteiger partial charge in [0.25, 0.3) is 5.92 Å². The van der Waals surface area contributed by atoms with Crippen LogP contribution in [0.1, 0.15) is 37.6 Å². The zero-order valence-corrected chi connectivity index (χ0v) is 14.8. The van der Waals surface area contributed by atoms with Crippen molar-refractivity contribution >= 4 is 5.69 Å². The van der Waals surface area contributed by atoms with Gasteiger partial charge in [-0.05, 0) is 43.3 Å². The third-order valence-corrected chi connectivity index (χ3v) is 4.27. The Balaban J connectivity index is 1.89. The standard InChI is InChI=1S/C20H19F4NO2/c1-3-20(23,24)15-5-4-6-16(11-15)25-12-13(2)26-18(25)14-7-9-17(10-8-14)27-19(21)22/h4-12,18-19H,3H2,1-2H3. The second-order valence-electron chi connectivity index (χ2n) is 6.17. The molecule has 144 valence electrons. The van der Waals surface area contributed by atoms with Crippen LogP contribution in [0.15, 0.2) is 60.5 Å². The van der Waals surface area contributed by atoms with Crippen molar-refractivity contribution in [3.05, 3.63) is 71.6 Å². The molecule has 1 aliphatic heterocycles. The van der Waals surface area contributed by atoms with Crippen LogP contribution in [0.3, 0.4) is 0 Å². The van der Waals surface area contributed by atoms with E-state index >= 15 is 0 Å². The second kappa shape index (κ2) is 7.50. The number of alkyl halides is 4. The van der Waals surface area contributed by atoms with Crippen LogP contribution >= 0.6 is 0 Å². The number of nitrogens with zero attached hydrogens (tertiary/aromatic N) is 1. The number of ether oxygens (including phenoxy) is 2. The van der Waals surface area contributed by atoms with E-state index in [-0.39, 0.29) is 17.7 Å². The lowest BCUT2D eigenvalue weighted by Gasteiger charge is -2.26. The smallest absolute Gasteiger partial charge is 0.387 e. The van der Waals surface area contributed by atoms with E-state index in [0.717, 1.165) is 0 Å². The maximum absolute atomic E-state index is 14.1. The van der Waals surface area contributed by atoms with Crippen molar-refractivity contribution in [1.29, 1.82) is 0 Å². The van der Waals surface area contributed by atoms with Gasteiger partial charge in [-0.15, -0.1) is 0 Å². The SMILES string of the molecule is CCC(F)(F)c1cccc(N2C=C(C)OC2c2ccc(OC(F)F)cc2)c1. The summed E-state index contributed by atoms with van der Waals surface area (Å²) in [7, 11) is 0. The highest BCUT2D eigenvalue weighted by Crippen LogP contribution is 2.39. The number of benzene rings is 2. The number of hydrogen-bond acceptors (Lipinski definition) is 3. The number of allylic oxidation sites excluding steroid dienone is 1. The van der Waals surface area contributed by atoms with Gasteiger partial charge in [0.2, 0.25) is 6.23 Å². The van der Waals surface area contributed by atoms with Gasteiger partial charge >= 0.3 is 6.61 Å². The topological polar surface area (TPSA) is 21.7 Å². The summed E-state index contributed by atoms with van der Waals surface area (Å²) in [5.74, 6) is -2.27. The fourth-order valence-electron chi connectivity index (χ4n) is 2.88. The van der Waals surface area contributed by atoms with E-state index < -0.39 is 18.8 Å². The van der Waals surface area contributed by atoms with Crippen LogP contribution in [-0.4, -0.2) is 6.61 Å². The van der Waals surface area contributed by atoms with Crippen molar-refractivity contribution in [2.45, 2.75) is 39.0 Å². The first-order valence-electron chi connectivity index (χ1n) is 8.46. The van der Waals surface area contributed by atoms with E-state index in [0.29, 0.717) is 17.0 Å². The molecule has 3 rings (SSSR count). The molecule has 2 aromatic rings. The molecule has 1 aliphatic rings. The summed E-state index contributed by atoms with van der Waals surface area (Å²) in [5.41, 5.74) is 1.16. The highest BCUT2D eigenvalue weighted by molar-refractivity contribution is 5.55. The lowest BCUT2D eigenvalue weighted by atomic mass is 10.0. The lowest BCUT2D eigenvalue weighted by molar-refractivity contribution is -0.0498. The fraction of sp³-hybridized carbons (Fsp3) is 0.300. The normalized spacial score (nSPS) is 17.1. The molecule has 0 saturated heterocycles. The minimum Gasteiger partial charge on any atom is -0.469 e. The first-order valence-corrected chi connectivity index (χ1v) is 8.46. The maximum Gasteiger partial charge on any atom is 0.387 e. The summed E-state index contributed by atoms with van der Waals surface area (Å²) in [6, 6.07) is 12.2. The monoisotopic (exact) mass is 381 g/mol. The molecule has 0 saturated carbocycles. The van der Waals surface area contributed by atoms with Crippen molar-refractivity contribution in [1.82, 2.24) is 0 Å². The van der Waals surface area contributed by atoms with Crippen molar-refractivity contribution < 1.29 is 27.0 Å². The molecule has 0 aromatic heterocycles. The van der Waals surface area contributed by atoms with E-state index in [9.17, 15) is 17.6 Å². The predicted octanol–water partition coefficient (Wildman–Crippen LogP) is 6.19. The Morgan fingerprint density at radius 1 is 1.15 bits per heavy atom. The molecule has 0 aliphatic carbocycles. The van der Waals surface area contributed by atoms with Gasteiger partial charge in [-0.1, -0.05) is 19.1 Å². The van der Waals surface area contributed by atoms with Gasteiger partial charge in [-0.3, -0.25) is 0 Å². The Kier molecular flexibility index (Phi) is 5.30. The minimum absolute atomic E-state index is 0.0348. The van der Waals surface area contributed by atoms with Crippen LogP contribution in [0.5, 0.6) is 5.75 Å². The minimum atomic E-state index is -2.92. The molecule has 0 N–H and O–H groups in total. The van der Waals surface area contributed by atoms with Gasteiger partial charge in [-0.2, -0.15) is 8.78 Å². The van der Waals surface area contributed by atoms with Crippen molar-refractivity contribution in [2.24, 2.45) is 0 Å². The average molecular weight is 381 g/mol. The molecule has 27 heavy (non-hydrogen) atoms. The average Bonchev–Trinajstić information content (AvgIpc) is 3.04. The van der Waals surface area contributed by atoms with E-state index in [1.54, 1.807) is 42.3 Å². The number of rotatable bonds is 6. The van der Waals surface area contributed by atoms with Crippen LogP contribution in [0, 0.1) is 0 Å². The second-order valence-corrected chi connectivity index (χ2v) is 6.17. The highest BCUT2D eigenvalue weighted by Gasteiger charge is 2.32. The Labute approximate surface area is 154 Å². The van der Waals surface area contributed by atoms with E-state index in [2.05, 4.69) is 4.74 Å². The van der Waals surface area contributed by atoms with Gasteiger partial charge < -0.3 is 14.4 Å². The summed E-state index contributed by atoms with van der Waals surface area (Å²) < 4.78 is 62.8. The van der Waals surface area contributed by atoms with Gasteiger partial charge in [0.1, 0.15) is 11.5 Å². The number of hydrogen-bond donors (Lipinski definition) is 0. The van der Waals surface area contributed by atoms with Crippen LogP contribution in [0.2, 0.25) is 0 Å². The molecule has 2 aromatic carbocycles. The van der Waals surface area contributed by atoms with Gasteiger partial charge in [-0.25, -0.2) is 8.78 Å². The molecule has 0 amide bonds. The number of halogens is 4. The maximum atomic E-state index is 14.1. The zero-order valence-electron chi connectivity index (χ0n) is 14.8. The molecule has 3 nitrogen and oxygen atoms in total. The molecule has 1 unspecified atom stereocenters. The summed E-state index contributed by atoms with van der Waals surface area (Å²) in [6.07, 6.45) is 0.838. The van der Waals surface area contributed by atoms with Crippen molar-refractivity contribution in [2.75, 3.05) is 4.90 Å². The van der Waals surface area contributed by atoms with Gasteiger partial charge in [0, 0.05) is 29.4 Å². The Morgan fingerprint density at radius 2 is 1.85 bits per heavy atom. The molecule has 1 atom stereocenters. The van der Waals surface area contributed by atoms with Crippen molar-refractivity contribution in [3.8, 4) is 5.75 Å². The largest absolute Gasteiger partial charge is 0.469 e. The van der Waals surface area contributed by atoms with E-state index in [1.807, 2.05) is 0 Å². The molecule has 0 bridgehead atoms. The number of anilines is 1. The first-order chi connectivity index (χ1) is 12.8. The molecule has 0 fully saturated rings. The molecule has 1 heterocycles. The van der Waals surface area contributed by atoms with Crippen molar-refractivity contribution in [3.63, 3.8) is 0 Å². The first kappa shape index (κ1) is 19.1. The summed E-state index contributed by atoms with van der Waals surface area (Å²) in [6.45, 7) is 0.287. The molecular weight excluding hydrogens is 362 g/mol. The van der Waals surface area contributed by atoms with Crippen LogP contribution in [0.4, 0.5) is 23.2 Å². The summed E-state index contributed by atoms with van der Waals surface area (Å²) in [5, 5.41) is 0. The van der Waals surface area contributed by atoms with Crippen LogP contribution < -0.4 is 9.64 Å². The van der Waals surface area contributed by atoms with E-state index in [1.165, 1.54) is 31.2 Å². The Morgan fingerprint density at radius 3 is 2.48 bits per heavy atom.